The number of halogens is 2. The quantitative estimate of drug-likeness (QED) is 0.237. The van der Waals surface area contributed by atoms with Crippen LogP contribution >= 0.6 is 0 Å². The zero-order valence-electron chi connectivity index (χ0n) is 22.8. The Kier molecular flexibility index (Phi) is 7.47. The highest BCUT2D eigenvalue weighted by Gasteiger charge is 2.23. The molecule has 2 N–H and O–H groups in total. The van der Waals surface area contributed by atoms with E-state index in [1.807, 2.05) is 6.92 Å². The maximum Gasteiger partial charge on any atom is 0.261 e. The summed E-state index contributed by atoms with van der Waals surface area (Å²) in [4.78, 5) is 38.7. The Balaban J connectivity index is 1.44. The van der Waals surface area contributed by atoms with Crippen LogP contribution in [-0.2, 0) is 6.42 Å². The lowest BCUT2D eigenvalue weighted by molar-refractivity contribution is 0.102. The largest absolute Gasteiger partial charge is 0.495 e. The zero-order chi connectivity index (χ0) is 29.3. The first kappa shape index (κ1) is 27.4. The number of rotatable bonds is 7. The number of anilines is 1. The predicted octanol–water partition coefficient (Wildman–Crippen LogP) is 6.50. The van der Waals surface area contributed by atoms with Crippen LogP contribution in [0.3, 0.4) is 0 Å². The molecule has 0 aliphatic carbocycles. The molecule has 0 saturated heterocycles. The normalized spacial score (nSPS) is 11.0. The average Bonchev–Trinajstić information content (AvgIpc) is 2.94. The van der Waals surface area contributed by atoms with Gasteiger partial charge >= 0.3 is 0 Å². The van der Waals surface area contributed by atoms with Crippen molar-refractivity contribution in [1.29, 1.82) is 0 Å². The van der Waals surface area contributed by atoms with Crippen molar-refractivity contribution in [3.8, 4) is 28.4 Å². The molecular weight excluding hydrogens is 530 g/mol. The predicted molar refractivity (Wildman–Crippen MR) is 152 cm³/mol. The number of hydrogen-bond acceptors (Lipinski definition) is 6. The molecule has 5 aromatic rings. The maximum atomic E-state index is 15.1. The van der Waals surface area contributed by atoms with E-state index in [1.54, 1.807) is 26.0 Å². The minimum Gasteiger partial charge on any atom is -0.495 e. The highest BCUT2D eigenvalue weighted by atomic mass is 19.1. The van der Waals surface area contributed by atoms with Gasteiger partial charge in [0.1, 0.15) is 22.6 Å². The first-order chi connectivity index (χ1) is 19.7. The molecule has 0 atom stereocenters. The lowest BCUT2D eigenvalue weighted by Crippen LogP contribution is -2.27. The van der Waals surface area contributed by atoms with E-state index in [0.717, 1.165) is 6.07 Å². The molecule has 0 bridgehead atoms. The smallest absolute Gasteiger partial charge is 0.261 e. The standard InChI is InChI=1S/C31H26F2N4O4/c1-5-23-28(30(38)27(17(3)36-23)21-8-6-18(32)12-16(21)2)31(39)37-19-7-9-25(22(33)13-19)41-26-10-11-34-24-14-20(40-4)15-35-29(24)26/h6-15H,5H2,1-4H3,(H,36,38)(H,37,39). The van der Waals surface area contributed by atoms with Gasteiger partial charge in [-0.3, -0.25) is 14.6 Å². The van der Waals surface area contributed by atoms with Crippen molar-refractivity contribution in [2.45, 2.75) is 27.2 Å². The molecule has 3 heterocycles. The number of amides is 1. The number of fused-ring (bicyclic) bond motifs is 1. The molecule has 2 aromatic carbocycles. The van der Waals surface area contributed by atoms with Crippen LogP contribution in [0.25, 0.3) is 22.2 Å². The summed E-state index contributed by atoms with van der Waals surface area (Å²) in [6, 6.07) is 11.3. The van der Waals surface area contributed by atoms with Crippen LogP contribution in [0, 0.1) is 25.5 Å². The van der Waals surface area contributed by atoms with Crippen LogP contribution in [0.2, 0.25) is 0 Å². The van der Waals surface area contributed by atoms with E-state index in [2.05, 4.69) is 20.3 Å². The molecule has 0 aliphatic rings. The van der Waals surface area contributed by atoms with E-state index in [4.69, 9.17) is 9.47 Å². The van der Waals surface area contributed by atoms with Crippen LogP contribution < -0.4 is 20.2 Å². The van der Waals surface area contributed by atoms with E-state index in [0.29, 0.717) is 45.7 Å². The first-order valence-electron chi connectivity index (χ1n) is 12.8. The monoisotopic (exact) mass is 556 g/mol. The van der Waals surface area contributed by atoms with Gasteiger partial charge in [0.2, 0.25) is 5.43 Å². The van der Waals surface area contributed by atoms with E-state index in [-0.39, 0.29) is 28.3 Å². The number of hydrogen-bond donors (Lipinski definition) is 2. The number of aromatic amines is 1. The lowest BCUT2D eigenvalue weighted by Gasteiger charge is -2.15. The Morgan fingerprint density at radius 2 is 1.83 bits per heavy atom. The molecule has 0 radical (unpaired) electrons. The highest BCUT2D eigenvalue weighted by Crippen LogP contribution is 2.32. The van der Waals surface area contributed by atoms with Gasteiger partial charge in [0, 0.05) is 47.0 Å². The van der Waals surface area contributed by atoms with Gasteiger partial charge in [-0.2, -0.15) is 0 Å². The van der Waals surface area contributed by atoms with Crippen LogP contribution in [0.15, 0.2) is 65.7 Å². The number of nitrogens with one attached hydrogen (secondary N) is 2. The fraction of sp³-hybridized carbons (Fsp3) is 0.161. The Bertz CT molecular complexity index is 1870. The molecule has 208 valence electrons. The summed E-state index contributed by atoms with van der Waals surface area (Å²) >= 11 is 0. The number of carbonyl (C=O) groups is 1. The van der Waals surface area contributed by atoms with Crippen molar-refractivity contribution in [2.24, 2.45) is 0 Å². The van der Waals surface area contributed by atoms with Crippen molar-refractivity contribution < 1.29 is 23.0 Å². The second-order valence-corrected chi connectivity index (χ2v) is 9.37. The second kappa shape index (κ2) is 11.2. The molecule has 0 saturated carbocycles. The number of carbonyl (C=O) groups excluding carboxylic acids is 1. The maximum absolute atomic E-state index is 15.1. The third kappa shape index (κ3) is 5.36. The van der Waals surface area contributed by atoms with Gasteiger partial charge in [0.05, 0.1) is 18.8 Å². The fourth-order valence-corrected chi connectivity index (χ4v) is 4.68. The molecule has 0 fully saturated rings. The average molecular weight is 557 g/mol. The van der Waals surface area contributed by atoms with Crippen LogP contribution in [0.5, 0.6) is 17.2 Å². The molecule has 0 aliphatic heterocycles. The van der Waals surface area contributed by atoms with Gasteiger partial charge in [0.15, 0.2) is 17.3 Å². The molecule has 5 rings (SSSR count). The minimum absolute atomic E-state index is 0.0929. The summed E-state index contributed by atoms with van der Waals surface area (Å²) in [5.74, 6) is -1.15. The van der Waals surface area contributed by atoms with Gasteiger partial charge in [0.25, 0.3) is 5.91 Å². The number of methoxy groups -OCH3 is 1. The summed E-state index contributed by atoms with van der Waals surface area (Å²) in [7, 11) is 1.52. The summed E-state index contributed by atoms with van der Waals surface area (Å²) in [6.07, 6.45) is 3.39. The Morgan fingerprint density at radius 3 is 2.54 bits per heavy atom. The van der Waals surface area contributed by atoms with Gasteiger partial charge in [-0.15, -0.1) is 0 Å². The lowest BCUT2D eigenvalue weighted by atomic mass is 9.95. The molecular formula is C31H26F2N4O4. The van der Waals surface area contributed by atoms with E-state index in [1.165, 1.54) is 49.8 Å². The zero-order valence-corrected chi connectivity index (χ0v) is 22.8. The Morgan fingerprint density at radius 1 is 1.02 bits per heavy atom. The summed E-state index contributed by atoms with van der Waals surface area (Å²) in [5.41, 5.74) is 2.81. The summed E-state index contributed by atoms with van der Waals surface area (Å²) in [5, 5.41) is 2.62. The molecule has 10 heteroatoms. The van der Waals surface area contributed by atoms with E-state index < -0.39 is 23.0 Å². The number of aromatic nitrogens is 3. The van der Waals surface area contributed by atoms with E-state index >= 15 is 4.39 Å². The molecule has 8 nitrogen and oxygen atoms in total. The molecule has 41 heavy (non-hydrogen) atoms. The van der Waals surface area contributed by atoms with Gasteiger partial charge in [-0.1, -0.05) is 13.0 Å². The topological polar surface area (TPSA) is 106 Å². The van der Waals surface area contributed by atoms with E-state index in [9.17, 15) is 14.0 Å². The third-order valence-corrected chi connectivity index (χ3v) is 6.67. The molecule has 0 unspecified atom stereocenters. The van der Waals surface area contributed by atoms with Gasteiger partial charge in [-0.05, 0) is 55.7 Å². The number of H-pyrrole nitrogens is 1. The SMILES string of the molecule is CCc1[nH]c(C)c(-c2ccc(F)cc2C)c(=O)c1C(=O)Nc1ccc(Oc2ccnc3cc(OC)cnc23)c(F)c1. The van der Waals surface area contributed by atoms with Gasteiger partial charge < -0.3 is 19.8 Å². The summed E-state index contributed by atoms with van der Waals surface area (Å²) < 4.78 is 39.8. The van der Waals surface area contributed by atoms with Crippen molar-refractivity contribution in [3.63, 3.8) is 0 Å². The first-order valence-corrected chi connectivity index (χ1v) is 12.8. The van der Waals surface area contributed by atoms with Crippen molar-refractivity contribution in [2.75, 3.05) is 12.4 Å². The number of pyridine rings is 3. The molecule has 3 aromatic heterocycles. The molecule has 1 amide bonds. The van der Waals surface area contributed by atoms with Crippen LogP contribution in [-0.4, -0.2) is 28.0 Å². The molecule has 0 spiro atoms. The number of aryl methyl sites for hydroxylation is 3. The highest BCUT2D eigenvalue weighted by molar-refractivity contribution is 6.05. The van der Waals surface area contributed by atoms with Crippen molar-refractivity contribution >= 4 is 22.6 Å². The number of ether oxygens (including phenoxy) is 2. The Hall–Kier alpha value is -5.12. The summed E-state index contributed by atoms with van der Waals surface area (Å²) in [6.45, 7) is 5.23. The van der Waals surface area contributed by atoms with Crippen molar-refractivity contribution in [1.82, 2.24) is 15.0 Å². The number of nitrogens with zero attached hydrogens (tertiary/aromatic N) is 2. The van der Waals surface area contributed by atoms with Crippen LogP contribution in [0.4, 0.5) is 14.5 Å². The fourth-order valence-electron chi connectivity index (χ4n) is 4.68. The second-order valence-electron chi connectivity index (χ2n) is 9.37. The Labute approximate surface area is 234 Å². The number of benzene rings is 2. The van der Waals surface area contributed by atoms with Crippen molar-refractivity contribution in [3.05, 3.63) is 105 Å². The minimum atomic E-state index is -0.738. The van der Waals surface area contributed by atoms with Gasteiger partial charge in [-0.25, -0.2) is 13.8 Å². The third-order valence-electron chi connectivity index (χ3n) is 6.67. The van der Waals surface area contributed by atoms with Crippen LogP contribution in [0.1, 0.15) is 34.2 Å².